The van der Waals surface area contributed by atoms with E-state index >= 15 is 0 Å². The Morgan fingerprint density at radius 2 is 0.887 bits per heavy atom. The highest BCUT2D eigenvalue weighted by Gasteiger charge is 2.59. The average Bonchev–Trinajstić information content (AvgIpc) is 3.15. The summed E-state index contributed by atoms with van der Waals surface area (Å²) in [6, 6.07) is 0. The number of carbonyl (C=O) groups excluding carboxylic acids is 6. The molecule has 0 heterocycles. The van der Waals surface area contributed by atoms with Crippen molar-refractivity contribution in [3.05, 3.63) is 0 Å². The molecule has 62 heavy (non-hydrogen) atoms. The summed E-state index contributed by atoms with van der Waals surface area (Å²) in [5.74, 6) is -19.3. The highest BCUT2D eigenvalue weighted by Crippen LogP contribution is 2.58. The Balaban J connectivity index is 0.000000235. The highest BCUT2D eigenvalue weighted by atomic mass is 19.3. The zero-order valence-corrected chi connectivity index (χ0v) is 36.4. The lowest BCUT2D eigenvalue weighted by molar-refractivity contribution is -0.220. The normalized spacial score (nSPS) is 30.0. The summed E-state index contributed by atoms with van der Waals surface area (Å²) in [5, 5.41) is 0. The number of hydrogen-bond donors (Lipinski definition) is 0. The van der Waals surface area contributed by atoms with Gasteiger partial charge >= 0.3 is 53.6 Å². The van der Waals surface area contributed by atoms with Crippen LogP contribution in [0.2, 0.25) is 0 Å². The Hall–Kier alpha value is -3.60. The van der Waals surface area contributed by atoms with E-state index in [1.807, 2.05) is 6.92 Å². The molecule has 1 atom stereocenters. The van der Waals surface area contributed by atoms with E-state index < -0.39 is 109 Å². The van der Waals surface area contributed by atoms with Crippen LogP contribution in [-0.2, 0) is 57.2 Å². The first kappa shape index (κ1) is 49.4. The minimum absolute atomic E-state index is 0.313. The third-order valence-electron chi connectivity index (χ3n) is 13.9. The molecule has 0 aliphatic heterocycles. The van der Waals surface area contributed by atoms with Gasteiger partial charge in [0, 0.05) is 0 Å². The second-order valence-corrected chi connectivity index (χ2v) is 19.7. The molecule has 8 aliphatic rings. The summed E-state index contributed by atoms with van der Waals surface area (Å²) in [6.45, 7) is 6.58. The predicted molar refractivity (Wildman–Crippen MR) is 205 cm³/mol. The molecule has 8 aliphatic carbocycles. The SMILES string of the molecule is CCC(C)(C)C(=O)OCCOC(=O)C(F)(F)CC(=O)OC12CC3CC(CC(C3)C1)C2.CCC(C)C(=O)OCCOC(=O)C(F)(F)CC(F)(F)C(=O)OC12CC3CC(CC(C3)C1)C2. The van der Waals surface area contributed by atoms with Crippen LogP contribution in [0, 0.1) is 46.8 Å². The minimum atomic E-state index is -4.61. The largest absolute Gasteiger partial charge is 0.462 e. The predicted octanol–water partition coefficient (Wildman–Crippen LogP) is 8.34. The van der Waals surface area contributed by atoms with Crippen LogP contribution in [0.1, 0.15) is 137 Å². The van der Waals surface area contributed by atoms with E-state index in [2.05, 4.69) is 9.47 Å². The number of ether oxygens (including phenoxy) is 6. The fourth-order valence-electron chi connectivity index (χ4n) is 10.9. The zero-order chi connectivity index (χ0) is 45.9. The Morgan fingerprint density at radius 1 is 0.532 bits per heavy atom. The van der Waals surface area contributed by atoms with Gasteiger partial charge in [0.25, 0.3) is 0 Å². The second-order valence-electron chi connectivity index (χ2n) is 19.7. The quantitative estimate of drug-likeness (QED) is 0.0529. The first-order valence-corrected chi connectivity index (χ1v) is 22.1. The van der Waals surface area contributed by atoms with Gasteiger partial charge < -0.3 is 28.4 Å². The number of halogens is 6. The van der Waals surface area contributed by atoms with Gasteiger partial charge in [0.2, 0.25) is 0 Å². The third kappa shape index (κ3) is 12.3. The zero-order valence-electron chi connectivity index (χ0n) is 36.4. The molecule has 0 amide bonds. The van der Waals surface area contributed by atoms with Gasteiger partial charge in [0.1, 0.15) is 44.1 Å². The molecule has 0 saturated heterocycles. The van der Waals surface area contributed by atoms with E-state index in [0.717, 1.165) is 57.8 Å². The van der Waals surface area contributed by atoms with Crippen molar-refractivity contribution in [3.8, 4) is 0 Å². The van der Waals surface area contributed by atoms with E-state index in [1.54, 1.807) is 27.7 Å². The van der Waals surface area contributed by atoms with Crippen molar-refractivity contribution in [2.75, 3.05) is 26.4 Å². The van der Waals surface area contributed by atoms with Gasteiger partial charge in [-0.2, -0.15) is 26.3 Å². The number of esters is 6. The van der Waals surface area contributed by atoms with Gasteiger partial charge in [-0.3, -0.25) is 14.4 Å². The number of hydrogen-bond acceptors (Lipinski definition) is 12. The molecule has 8 fully saturated rings. The molecule has 12 nitrogen and oxygen atoms in total. The van der Waals surface area contributed by atoms with E-state index in [0.29, 0.717) is 67.6 Å². The van der Waals surface area contributed by atoms with Crippen molar-refractivity contribution in [1.82, 2.24) is 0 Å². The molecule has 0 aromatic rings. The summed E-state index contributed by atoms with van der Waals surface area (Å²) in [6.07, 6.45) is 7.42. The van der Waals surface area contributed by atoms with Gasteiger partial charge in [-0.1, -0.05) is 20.8 Å². The van der Waals surface area contributed by atoms with Gasteiger partial charge in [-0.15, -0.1) is 0 Å². The van der Waals surface area contributed by atoms with Crippen LogP contribution >= 0.6 is 0 Å². The van der Waals surface area contributed by atoms with E-state index in [9.17, 15) is 55.1 Å². The molecule has 18 heteroatoms. The summed E-state index contributed by atoms with van der Waals surface area (Å²) >= 11 is 0. The maximum Gasteiger partial charge on any atom is 0.377 e. The first-order chi connectivity index (χ1) is 28.8. The molecule has 8 bridgehead atoms. The average molecular weight is 897 g/mol. The van der Waals surface area contributed by atoms with Crippen LogP contribution in [0.25, 0.3) is 0 Å². The van der Waals surface area contributed by atoms with Crippen LogP contribution in [0.4, 0.5) is 26.3 Å². The summed E-state index contributed by atoms with van der Waals surface area (Å²) in [4.78, 5) is 71.0. The molecular formula is C44H62F6O12. The fraction of sp³-hybridized carbons (Fsp3) is 0.864. The minimum Gasteiger partial charge on any atom is -0.462 e. The standard InChI is InChI=1S/C22H30F4O6.C22H32F2O6/c1-3-13(2)17(27)30-4-5-31-18(28)21(23,24)12-22(25,26)19(29)32-20-9-14-6-15(10-20)8-16(7-14)11-20;1-4-20(2,3)18(26)28-5-6-29-19(27)22(23,24)13-17(25)30-21-10-14-7-15(11-21)9-16(8-14)12-21/h13-16H,3-12H2,1-2H3;14-16H,4-13H2,1-3H3. The molecule has 352 valence electrons. The molecule has 8 rings (SSSR count). The third-order valence-corrected chi connectivity index (χ3v) is 13.9. The smallest absolute Gasteiger partial charge is 0.377 e. The van der Waals surface area contributed by atoms with Crippen LogP contribution in [0.15, 0.2) is 0 Å². The van der Waals surface area contributed by atoms with Crippen molar-refractivity contribution in [1.29, 1.82) is 0 Å². The summed E-state index contributed by atoms with van der Waals surface area (Å²) < 4.78 is 114. The topological polar surface area (TPSA) is 158 Å². The molecule has 0 aromatic heterocycles. The number of carbonyl (C=O) groups is 6. The fourth-order valence-corrected chi connectivity index (χ4v) is 10.9. The Labute approximate surface area is 358 Å². The first-order valence-electron chi connectivity index (χ1n) is 22.1. The van der Waals surface area contributed by atoms with Gasteiger partial charge in [0.15, 0.2) is 0 Å². The lowest BCUT2D eigenvalue weighted by atomic mass is 9.54. The van der Waals surface area contributed by atoms with E-state index in [-0.39, 0.29) is 6.61 Å². The lowest BCUT2D eigenvalue weighted by Gasteiger charge is -2.55. The molecule has 0 spiro atoms. The highest BCUT2D eigenvalue weighted by molar-refractivity contribution is 5.84. The Kier molecular flexibility index (Phi) is 15.3. The van der Waals surface area contributed by atoms with Crippen LogP contribution in [0.5, 0.6) is 0 Å². The van der Waals surface area contributed by atoms with Crippen molar-refractivity contribution in [2.45, 2.75) is 166 Å². The van der Waals surface area contributed by atoms with Crippen LogP contribution < -0.4 is 0 Å². The Bertz CT molecular complexity index is 1590. The van der Waals surface area contributed by atoms with Crippen LogP contribution in [-0.4, -0.2) is 91.2 Å². The van der Waals surface area contributed by atoms with Crippen molar-refractivity contribution in [3.63, 3.8) is 0 Å². The van der Waals surface area contributed by atoms with Crippen molar-refractivity contribution in [2.24, 2.45) is 46.8 Å². The molecule has 0 N–H and O–H groups in total. The van der Waals surface area contributed by atoms with Crippen molar-refractivity contribution >= 4 is 35.8 Å². The Morgan fingerprint density at radius 3 is 1.29 bits per heavy atom. The monoisotopic (exact) mass is 896 g/mol. The maximum absolute atomic E-state index is 14.3. The van der Waals surface area contributed by atoms with Crippen molar-refractivity contribution < 1.29 is 83.5 Å². The molecular weight excluding hydrogens is 834 g/mol. The number of alkyl halides is 6. The molecule has 8 saturated carbocycles. The van der Waals surface area contributed by atoms with Crippen LogP contribution in [0.3, 0.4) is 0 Å². The van der Waals surface area contributed by atoms with Gasteiger partial charge in [-0.25, -0.2) is 14.4 Å². The maximum atomic E-state index is 14.3. The molecule has 1 unspecified atom stereocenters. The van der Waals surface area contributed by atoms with Gasteiger partial charge in [0.05, 0.1) is 17.8 Å². The van der Waals surface area contributed by atoms with E-state index in [1.165, 1.54) is 0 Å². The summed E-state index contributed by atoms with van der Waals surface area (Å²) in [5.41, 5.74) is -2.34. The van der Waals surface area contributed by atoms with Gasteiger partial charge in [-0.05, 0) is 139 Å². The molecule has 0 aromatic carbocycles. The summed E-state index contributed by atoms with van der Waals surface area (Å²) in [7, 11) is 0. The second kappa shape index (κ2) is 19.2. The molecule has 0 radical (unpaired) electrons. The lowest BCUT2D eigenvalue weighted by Crippen LogP contribution is -2.55. The van der Waals surface area contributed by atoms with E-state index in [4.69, 9.17) is 18.9 Å². The number of rotatable bonds is 19.